The Morgan fingerprint density at radius 3 is 1.92 bits per heavy atom. The van der Waals surface area contributed by atoms with Gasteiger partial charge in [-0.25, -0.2) is 5.06 Å². The molecule has 1 atom stereocenters. The predicted molar refractivity (Wildman–Crippen MR) is 84.6 cm³/mol. The largest absolute Gasteiger partial charge is 0.573 e. The molecule has 1 amide bonds. The van der Waals surface area contributed by atoms with Crippen molar-refractivity contribution >= 4 is 6.41 Å². The quantitative estimate of drug-likeness (QED) is 0.424. The number of hydrogen-bond donors (Lipinski definition) is 2. The first-order chi connectivity index (χ1) is 12.3. The molecular weight excluding hydrogens is 355 g/mol. The average Bonchev–Trinajstić information content (AvgIpc) is 2.62. The van der Waals surface area contributed by atoms with Crippen LogP contribution in [0.5, 0.6) is 11.5 Å². The molecule has 0 heterocycles. The minimum atomic E-state index is -4.74. The summed E-state index contributed by atoms with van der Waals surface area (Å²) in [5, 5.41) is 18.6. The van der Waals surface area contributed by atoms with Crippen LogP contribution in [0.3, 0.4) is 0 Å². The van der Waals surface area contributed by atoms with E-state index in [2.05, 4.69) is 4.74 Å². The van der Waals surface area contributed by atoms with Gasteiger partial charge in [0.25, 0.3) is 0 Å². The molecule has 2 aromatic carbocycles. The highest BCUT2D eigenvalue weighted by molar-refractivity contribution is 5.64. The molecule has 0 bridgehead atoms. The van der Waals surface area contributed by atoms with Crippen LogP contribution in [0.15, 0.2) is 48.5 Å². The van der Waals surface area contributed by atoms with Crippen LogP contribution in [-0.2, 0) is 4.79 Å². The van der Waals surface area contributed by atoms with E-state index in [-0.39, 0.29) is 18.8 Å². The summed E-state index contributed by atoms with van der Waals surface area (Å²) in [5.74, 6) is 0.128. The second-order valence-electron chi connectivity index (χ2n) is 5.23. The van der Waals surface area contributed by atoms with Crippen molar-refractivity contribution in [2.24, 2.45) is 0 Å². The van der Waals surface area contributed by atoms with Gasteiger partial charge in [-0.2, -0.15) is 0 Å². The van der Waals surface area contributed by atoms with Gasteiger partial charge in [0.05, 0.1) is 6.61 Å². The number of ether oxygens (including phenoxy) is 2. The number of amides is 1. The molecule has 2 aromatic rings. The van der Waals surface area contributed by atoms with Gasteiger partial charge in [0.15, 0.2) is 0 Å². The van der Waals surface area contributed by atoms with Crippen molar-refractivity contribution < 1.29 is 37.8 Å². The third-order valence-electron chi connectivity index (χ3n) is 3.41. The van der Waals surface area contributed by atoms with Crippen molar-refractivity contribution in [2.45, 2.75) is 12.4 Å². The molecule has 0 aliphatic heterocycles. The Morgan fingerprint density at radius 2 is 1.50 bits per heavy atom. The molecule has 0 aliphatic rings. The summed E-state index contributed by atoms with van der Waals surface area (Å²) in [7, 11) is 0. The summed E-state index contributed by atoms with van der Waals surface area (Å²) in [6.07, 6.45) is -4.57. The van der Waals surface area contributed by atoms with Crippen molar-refractivity contribution in [3.8, 4) is 22.6 Å². The number of benzene rings is 2. The number of aliphatic hydroxyl groups excluding tert-OH is 1. The summed E-state index contributed by atoms with van der Waals surface area (Å²) in [6.45, 7) is -0.589. The van der Waals surface area contributed by atoms with Gasteiger partial charge >= 0.3 is 6.36 Å². The van der Waals surface area contributed by atoms with Gasteiger partial charge in [-0.05, 0) is 35.4 Å². The molecule has 0 fully saturated rings. The molecule has 140 valence electrons. The van der Waals surface area contributed by atoms with Crippen molar-refractivity contribution in [1.29, 1.82) is 0 Å². The van der Waals surface area contributed by atoms with Crippen molar-refractivity contribution in [1.82, 2.24) is 5.06 Å². The van der Waals surface area contributed by atoms with Crippen LogP contribution in [0.25, 0.3) is 11.1 Å². The lowest BCUT2D eigenvalue weighted by Gasteiger charge is -2.20. The Labute approximate surface area is 147 Å². The topological polar surface area (TPSA) is 79.2 Å². The molecule has 0 saturated carbocycles. The molecule has 0 saturated heterocycles. The number of carbonyl (C=O) groups excluding carboxylic acids is 1. The number of hydrogen-bond acceptors (Lipinski definition) is 5. The zero-order valence-electron chi connectivity index (χ0n) is 13.4. The van der Waals surface area contributed by atoms with E-state index in [0.29, 0.717) is 16.4 Å². The van der Waals surface area contributed by atoms with E-state index in [9.17, 15) is 23.2 Å². The predicted octanol–water partition coefficient (Wildman–Crippen LogP) is 2.84. The molecule has 2 rings (SSSR count). The summed E-state index contributed by atoms with van der Waals surface area (Å²) in [4.78, 5) is 10.5. The summed E-state index contributed by atoms with van der Waals surface area (Å²) in [5.41, 5.74) is 1.42. The van der Waals surface area contributed by atoms with E-state index >= 15 is 0 Å². The number of rotatable bonds is 8. The number of aliphatic hydroxyl groups is 1. The maximum atomic E-state index is 12.1. The van der Waals surface area contributed by atoms with Crippen LogP contribution in [0.1, 0.15) is 0 Å². The molecular formula is C17H16F3NO5. The third kappa shape index (κ3) is 5.64. The first-order valence-electron chi connectivity index (χ1n) is 7.45. The van der Waals surface area contributed by atoms with Crippen LogP contribution in [0.2, 0.25) is 0 Å². The van der Waals surface area contributed by atoms with Gasteiger partial charge in [0, 0.05) is 0 Å². The van der Waals surface area contributed by atoms with Crippen molar-refractivity contribution in [2.75, 3.05) is 13.2 Å². The van der Waals surface area contributed by atoms with Crippen LogP contribution in [0.4, 0.5) is 13.2 Å². The van der Waals surface area contributed by atoms with E-state index in [1.54, 1.807) is 24.3 Å². The Kier molecular flexibility index (Phi) is 6.42. The van der Waals surface area contributed by atoms with Crippen LogP contribution in [0, 0.1) is 0 Å². The minimum absolute atomic E-state index is 0.117. The minimum Gasteiger partial charge on any atom is -0.491 e. The Balaban J connectivity index is 1.99. The Hall–Kier alpha value is -2.78. The van der Waals surface area contributed by atoms with E-state index in [4.69, 9.17) is 9.84 Å². The van der Waals surface area contributed by atoms with Crippen LogP contribution >= 0.6 is 0 Å². The van der Waals surface area contributed by atoms with Crippen LogP contribution in [-0.4, -0.2) is 47.4 Å². The number of nitrogens with zero attached hydrogens (tertiary/aromatic N) is 1. The fourth-order valence-electron chi connectivity index (χ4n) is 2.08. The number of carbonyl (C=O) groups is 1. The molecule has 0 aromatic heterocycles. The fraction of sp³-hybridized carbons (Fsp3) is 0.235. The molecule has 26 heavy (non-hydrogen) atoms. The standard InChI is InChI=1S/C17H16F3NO5/c18-17(19,20)26-16-7-3-13(4-8-16)12-1-5-15(6-2-12)25-10-14(9-22)21(24)11-23/h1-8,11,14,22,24H,9-10H2/t14-/m0/s1. The lowest BCUT2D eigenvalue weighted by molar-refractivity contribution is -0.274. The SMILES string of the molecule is O=CN(O)[C@@H](CO)COc1ccc(-c2ccc(OC(F)(F)F)cc2)cc1. The molecule has 0 aliphatic carbocycles. The lowest BCUT2D eigenvalue weighted by atomic mass is 10.1. The maximum absolute atomic E-state index is 12.1. The van der Waals surface area contributed by atoms with Crippen molar-refractivity contribution in [3.05, 3.63) is 48.5 Å². The van der Waals surface area contributed by atoms with E-state index < -0.39 is 19.0 Å². The molecule has 0 spiro atoms. The smallest absolute Gasteiger partial charge is 0.491 e. The average molecular weight is 371 g/mol. The van der Waals surface area contributed by atoms with Crippen molar-refractivity contribution in [3.63, 3.8) is 0 Å². The Morgan fingerprint density at radius 1 is 1.00 bits per heavy atom. The zero-order valence-corrected chi connectivity index (χ0v) is 13.4. The highest BCUT2D eigenvalue weighted by Gasteiger charge is 2.30. The van der Waals surface area contributed by atoms with Gasteiger partial charge in [0.1, 0.15) is 24.1 Å². The third-order valence-corrected chi connectivity index (χ3v) is 3.41. The normalized spacial score (nSPS) is 12.3. The van der Waals surface area contributed by atoms with Gasteiger partial charge in [-0.3, -0.25) is 10.0 Å². The van der Waals surface area contributed by atoms with E-state index in [0.717, 1.165) is 5.56 Å². The van der Waals surface area contributed by atoms with E-state index in [1.807, 2.05) is 0 Å². The number of halogens is 3. The number of alkyl halides is 3. The molecule has 0 radical (unpaired) electrons. The second kappa shape index (κ2) is 8.54. The first-order valence-corrected chi connectivity index (χ1v) is 7.45. The summed E-state index contributed by atoms with van der Waals surface area (Å²) >= 11 is 0. The fourth-order valence-corrected chi connectivity index (χ4v) is 2.08. The van der Waals surface area contributed by atoms with Gasteiger partial charge in [0.2, 0.25) is 6.41 Å². The summed E-state index contributed by atoms with van der Waals surface area (Å²) < 4.78 is 45.6. The highest BCUT2D eigenvalue weighted by atomic mass is 19.4. The molecule has 9 heteroatoms. The van der Waals surface area contributed by atoms with Crippen LogP contribution < -0.4 is 9.47 Å². The lowest BCUT2D eigenvalue weighted by Crippen LogP contribution is -2.39. The monoisotopic (exact) mass is 371 g/mol. The van der Waals surface area contributed by atoms with E-state index in [1.165, 1.54) is 24.3 Å². The highest BCUT2D eigenvalue weighted by Crippen LogP contribution is 2.27. The molecule has 6 nitrogen and oxygen atoms in total. The molecule has 2 N–H and O–H groups in total. The maximum Gasteiger partial charge on any atom is 0.573 e. The first kappa shape index (κ1) is 19.5. The Bertz CT molecular complexity index is 704. The number of hydroxylamine groups is 2. The zero-order chi connectivity index (χ0) is 19.2. The second-order valence-corrected chi connectivity index (χ2v) is 5.23. The summed E-state index contributed by atoms with van der Waals surface area (Å²) in [6, 6.07) is 11.1. The van der Waals surface area contributed by atoms with Gasteiger partial charge in [-0.15, -0.1) is 13.2 Å². The van der Waals surface area contributed by atoms with Gasteiger partial charge in [-0.1, -0.05) is 24.3 Å². The molecule has 0 unspecified atom stereocenters. The van der Waals surface area contributed by atoms with Gasteiger partial charge < -0.3 is 14.6 Å².